The Labute approximate surface area is 121 Å². The molecule has 0 fully saturated rings. The number of rotatable bonds is 9. The van der Waals surface area contributed by atoms with E-state index >= 15 is 0 Å². The van der Waals surface area contributed by atoms with Crippen LogP contribution < -0.4 is 16.0 Å². The van der Waals surface area contributed by atoms with Gasteiger partial charge < -0.3 is 14.2 Å². The highest BCUT2D eigenvalue weighted by Gasteiger charge is 2.34. The third-order valence-corrected chi connectivity index (χ3v) is 3.72. The van der Waals surface area contributed by atoms with E-state index in [1.54, 1.807) is 14.2 Å². The van der Waals surface area contributed by atoms with E-state index in [0.29, 0.717) is 13.2 Å². The molecule has 0 spiro atoms. The maximum absolute atomic E-state index is 5.77. The molecule has 0 bridgehead atoms. The molecule has 0 saturated carbocycles. The summed E-state index contributed by atoms with van der Waals surface area (Å²) < 4.78 is 16.4. The molecule has 1 aromatic carbocycles. The fourth-order valence-corrected chi connectivity index (χ4v) is 2.15. The van der Waals surface area contributed by atoms with Crippen LogP contribution in [0.15, 0.2) is 24.3 Å². The first-order valence-electron chi connectivity index (χ1n) is 6.84. The molecule has 0 aliphatic carbocycles. The SMILES string of the molecule is CCC(C)(OC)C(NN)c1ccccc1OCCOC. The lowest BCUT2D eigenvalue weighted by Crippen LogP contribution is -2.45. The van der Waals surface area contributed by atoms with E-state index in [0.717, 1.165) is 17.7 Å². The molecule has 0 aliphatic rings. The number of nitrogens with two attached hydrogens (primary N) is 1. The predicted octanol–water partition coefficient (Wildman–Crippen LogP) is 2.03. The summed E-state index contributed by atoms with van der Waals surface area (Å²) in [5.41, 5.74) is 3.43. The lowest BCUT2D eigenvalue weighted by molar-refractivity contribution is -0.0307. The average molecular weight is 282 g/mol. The number of hydrazine groups is 1. The van der Waals surface area contributed by atoms with E-state index in [1.165, 1.54) is 0 Å². The first-order chi connectivity index (χ1) is 9.62. The standard InChI is InChI=1S/C15H26N2O3/c1-5-15(2,19-4)14(17-16)12-8-6-7-9-13(12)20-11-10-18-3/h6-9,14,17H,5,10-11,16H2,1-4H3. The highest BCUT2D eigenvalue weighted by molar-refractivity contribution is 5.37. The predicted molar refractivity (Wildman–Crippen MR) is 79.6 cm³/mol. The van der Waals surface area contributed by atoms with Gasteiger partial charge in [0.1, 0.15) is 12.4 Å². The van der Waals surface area contributed by atoms with Crippen molar-refractivity contribution in [3.8, 4) is 5.75 Å². The number of benzene rings is 1. The van der Waals surface area contributed by atoms with Crippen LogP contribution in [0.3, 0.4) is 0 Å². The molecule has 0 saturated heterocycles. The van der Waals surface area contributed by atoms with Gasteiger partial charge in [0, 0.05) is 19.8 Å². The molecular formula is C15H26N2O3. The van der Waals surface area contributed by atoms with Crippen molar-refractivity contribution in [1.82, 2.24) is 5.43 Å². The molecule has 114 valence electrons. The molecule has 0 aliphatic heterocycles. The molecular weight excluding hydrogens is 256 g/mol. The third kappa shape index (κ3) is 3.93. The quantitative estimate of drug-likeness (QED) is 0.412. The van der Waals surface area contributed by atoms with Crippen LogP contribution in [-0.4, -0.2) is 33.0 Å². The van der Waals surface area contributed by atoms with Crippen LogP contribution in [0.5, 0.6) is 5.75 Å². The first kappa shape index (κ1) is 16.9. The summed E-state index contributed by atoms with van der Waals surface area (Å²) >= 11 is 0. The highest BCUT2D eigenvalue weighted by Crippen LogP contribution is 2.35. The zero-order valence-corrected chi connectivity index (χ0v) is 12.8. The summed E-state index contributed by atoms with van der Waals surface area (Å²) in [6, 6.07) is 7.68. The topological polar surface area (TPSA) is 65.7 Å². The molecule has 5 nitrogen and oxygen atoms in total. The van der Waals surface area contributed by atoms with Gasteiger partial charge in [-0.05, 0) is 19.4 Å². The van der Waals surface area contributed by atoms with Crippen molar-refractivity contribution in [1.29, 1.82) is 0 Å². The number of hydrogen-bond donors (Lipinski definition) is 2. The summed E-state index contributed by atoms with van der Waals surface area (Å²) in [6.07, 6.45) is 0.824. The third-order valence-electron chi connectivity index (χ3n) is 3.72. The Balaban J connectivity index is 3.02. The Bertz CT molecular complexity index is 394. The second kappa shape index (κ2) is 8.21. The van der Waals surface area contributed by atoms with E-state index in [4.69, 9.17) is 20.1 Å². The van der Waals surface area contributed by atoms with Crippen LogP contribution in [0.1, 0.15) is 31.9 Å². The molecule has 2 unspecified atom stereocenters. The van der Waals surface area contributed by atoms with Gasteiger partial charge in [-0.1, -0.05) is 25.1 Å². The number of para-hydroxylation sites is 1. The van der Waals surface area contributed by atoms with Crippen LogP contribution in [0, 0.1) is 0 Å². The van der Waals surface area contributed by atoms with E-state index in [1.807, 2.05) is 31.2 Å². The van der Waals surface area contributed by atoms with E-state index < -0.39 is 5.60 Å². The van der Waals surface area contributed by atoms with E-state index in [9.17, 15) is 0 Å². The Morgan fingerprint density at radius 2 is 1.95 bits per heavy atom. The lowest BCUT2D eigenvalue weighted by atomic mass is 9.87. The van der Waals surface area contributed by atoms with Crippen LogP contribution in [0.25, 0.3) is 0 Å². The lowest BCUT2D eigenvalue weighted by Gasteiger charge is -2.36. The van der Waals surface area contributed by atoms with Crippen molar-refractivity contribution in [2.24, 2.45) is 5.84 Å². The molecule has 0 radical (unpaired) electrons. The number of methoxy groups -OCH3 is 2. The van der Waals surface area contributed by atoms with Gasteiger partial charge in [-0.25, -0.2) is 5.43 Å². The van der Waals surface area contributed by atoms with Gasteiger partial charge in [-0.2, -0.15) is 0 Å². The van der Waals surface area contributed by atoms with Crippen LogP contribution in [0.2, 0.25) is 0 Å². The summed E-state index contributed by atoms with van der Waals surface area (Å²) in [6.45, 7) is 5.15. The van der Waals surface area contributed by atoms with Gasteiger partial charge in [-0.15, -0.1) is 0 Å². The molecule has 0 amide bonds. The molecule has 0 aromatic heterocycles. The molecule has 3 N–H and O–H groups in total. The molecule has 20 heavy (non-hydrogen) atoms. The maximum Gasteiger partial charge on any atom is 0.124 e. The fourth-order valence-electron chi connectivity index (χ4n) is 2.15. The highest BCUT2D eigenvalue weighted by atomic mass is 16.5. The molecule has 2 atom stereocenters. The van der Waals surface area contributed by atoms with Crippen molar-refractivity contribution >= 4 is 0 Å². The van der Waals surface area contributed by atoms with Gasteiger partial charge in [0.15, 0.2) is 0 Å². The minimum Gasteiger partial charge on any atom is -0.491 e. The largest absolute Gasteiger partial charge is 0.491 e. The van der Waals surface area contributed by atoms with Gasteiger partial charge >= 0.3 is 0 Å². The summed E-state index contributed by atoms with van der Waals surface area (Å²) in [5, 5.41) is 0. The summed E-state index contributed by atoms with van der Waals surface area (Å²) in [5.74, 6) is 6.55. The normalized spacial score (nSPS) is 15.7. The monoisotopic (exact) mass is 282 g/mol. The average Bonchev–Trinajstić information content (AvgIpc) is 2.49. The number of hydrogen-bond acceptors (Lipinski definition) is 5. The van der Waals surface area contributed by atoms with Crippen LogP contribution in [0.4, 0.5) is 0 Å². The van der Waals surface area contributed by atoms with Crippen molar-refractivity contribution in [3.05, 3.63) is 29.8 Å². The van der Waals surface area contributed by atoms with Crippen LogP contribution >= 0.6 is 0 Å². The summed E-state index contributed by atoms with van der Waals surface area (Å²) in [4.78, 5) is 0. The molecule has 1 aromatic rings. The summed E-state index contributed by atoms with van der Waals surface area (Å²) in [7, 11) is 3.35. The zero-order valence-electron chi connectivity index (χ0n) is 12.8. The van der Waals surface area contributed by atoms with Crippen molar-refractivity contribution in [2.45, 2.75) is 31.9 Å². The number of nitrogens with one attached hydrogen (secondary N) is 1. The fraction of sp³-hybridized carbons (Fsp3) is 0.600. The Hall–Kier alpha value is -1.14. The Morgan fingerprint density at radius 3 is 2.50 bits per heavy atom. The Morgan fingerprint density at radius 1 is 1.25 bits per heavy atom. The second-order valence-corrected chi connectivity index (χ2v) is 4.85. The van der Waals surface area contributed by atoms with Gasteiger partial charge in [0.2, 0.25) is 0 Å². The van der Waals surface area contributed by atoms with Gasteiger partial charge in [0.05, 0.1) is 18.2 Å². The zero-order chi connectivity index (χ0) is 15.0. The maximum atomic E-state index is 5.77. The van der Waals surface area contributed by atoms with Crippen molar-refractivity contribution in [2.75, 3.05) is 27.4 Å². The molecule has 1 rings (SSSR count). The Kier molecular flexibility index (Phi) is 6.95. The second-order valence-electron chi connectivity index (χ2n) is 4.85. The van der Waals surface area contributed by atoms with Crippen LogP contribution in [-0.2, 0) is 9.47 Å². The number of ether oxygens (including phenoxy) is 3. The first-order valence-corrected chi connectivity index (χ1v) is 6.84. The molecule has 5 heteroatoms. The smallest absolute Gasteiger partial charge is 0.124 e. The van der Waals surface area contributed by atoms with E-state index in [2.05, 4.69) is 12.3 Å². The van der Waals surface area contributed by atoms with Gasteiger partial charge in [0.25, 0.3) is 0 Å². The minimum absolute atomic E-state index is 0.156. The van der Waals surface area contributed by atoms with Crippen molar-refractivity contribution < 1.29 is 14.2 Å². The molecule has 0 heterocycles. The van der Waals surface area contributed by atoms with E-state index in [-0.39, 0.29) is 6.04 Å². The van der Waals surface area contributed by atoms with Gasteiger partial charge in [-0.3, -0.25) is 5.84 Å². The van der Waals surface area contributed by atoms with Crippen molar-refractivity contribution in [3.63, 3.8) is 0 Å². The minimum atomic E-state index is -0.407.